The Balaban J connectivity index is 0.00000139. The number of morpholine rings is 1. The minimum atomic E-state index is -0.821. The second-order valence-corrected chi connectivity index (χ2v) is 13.8. The number of thiophene rings is 1. The average molecular weight is 685 g/mol. The summed E-state index contributed by atoms with van der Waals surface area (Å²) in [7, 11) is 0. The Bertz CT molecular complexity index is 1690. The number of nitrogens with one attached hydrogen (secondary N) is 2. The number of aromatic amines is 1. The molecule has 252 valence electrons. The zero-order chi connectivity index (χ0) is 33.4. The van der Waals surface area contributed by atoms with Crippen molar-refractivity contribution in [1.82, 2.24) is 20.1 Å². The Morgan fingerprint density at radius 3 is 2.64 bits per heavy atom. The summed E-state index contributed by atoms with van der Waals surface area (Å²) in [6.45, 7) is 7.77. The van der Waals surface area contributed by atoms with E-state index in [1.54, 1.807) is 17.4 Å². The highest BCUT2D eigenvalue weighted by Crippen LogP contribution is 2.32. The molecular formula is C33H40N4O8S2. The largest absolute Gasteiger partial charge is 0.506 e. The number of hydrogen-bond acceptors (Lipinski definition) is 11. The first-order valence-corrected chi connectivity index (χ1v) is 17.1. The molecule has 1 spiro atoms. The summed E-state index contributed by atoms with van der Waals surface area (Å²) in [5.41, 5.74) is 2.55. The van der Waals surface area contributed by atoms with E-state index in [-0.39, 0.29) is 28.6 Å². The molecular weight excluding hydrogens is 645 g/mol. The second kappa shape index (κ2) is 15.9. The molecule has 0 saturated carbocycles. The third-order valence-electron chi connectivity index (χ3n) is 8.49. The van der Waals surface area contributed by atoms with Gasteiger partial charge in [0.2, 0.25) is 0 Å². The molecule has 0 aliphatic carbocycles. The van der Waals surface area contributed by atoms with Crippen LogP contribution in [0.4, 0.5) is 0 Å². The number of benzene rings is 2. The third kappa shape index (κ3) is 8.77. The molecule has 6 rings (SSSR count). The molecule has 47 heavy (non-hydrogen) atoms. The lowest BCUT2D eigenvalue weighted by Crippen LogP contribution is -2.58. The molecule has 2 aliphatic rings. The van der Waals surface area contributed by atoms with Gasteiger partial charge in [0, 0.05) is 55.1 Å². The monoisotopic (exact) mass is 684 g/mol. The number of hydrogen-bond donors (Lipinski definition) is 5. The number of aliphatic hydroxyl groups is 1. The fourth-order valence-corrected chi connectivity index (χ4v) is 7.60. The maximum atomic E-state index is 13.0. The lowest BCUT2D eigenvalue weighted by Gasteiger charge is -2.47. The van der Waals surface area contributed by atoms with Crippen LogP contribution in [0.1, 0.15) is 45.3 Å². The van der Waals surface area contributed by atoms with Crippen LogP contribution in [0.2, 0.25) is 0 Å². The molecule has 12 nitrogen and oxygen atoms in total. The van der Waals surface area contributed by atoms with Gasteiger partial charge in [0.05, 0.1) is 35.1 Å². The molecule has 2 aromatic carbocycles. The number of amides is 1. The topological polar surface area (TPSA) is 165 Å². The Morgan fingerprint density at radius 1 is 1.19 bits per heavy atom. The van der Waals surface area contributed by atoms with Crippen molar-refractivity contribution in [3.63, 3.8) is 0 Å². The highest BCUT2D eigenvalue weighted by Gasteiger charge is 2.41. The Labute approximate surface area is 280 Å². The summed E-state index contributed by atoms with van der Waals surface area (Å²) in [6.07, 6.45) is 0.983. The van der Waals surface area contributed by atoms with E-state index in [0.717, 1.165) is 65.6 Å². The van der Waals surface area contributed by atoms with E-state index in [1.165, 1.54) is 6.07 Å². The molecule has 1 amide bonds. The quantitative estimate of drug-likeness (QED) is 0.156. The van der Waals surface area contributed by atoms with Gasteiger partial charge in [-0.2, -0.15) is 0 Å². The van der Waals surface area contributed by atoms with Crippen molar-refractivity contribution in [2.75, 3.05) is 52.5 Å². The van der Waals surface area contributed by atoms with Crippen molar-refractivity contribution in [3.05, 3.63) is 79.1 Å². The van der Waals surface area contributed by atoms with E-state index >= 15 is 0 Å². The molecule has 2 aromatic heterocycles. The number of carbonyl (C=O) groups is 2. The number of likely N-dealkylation sites (tertiary alicyclic amines) is 1. The molecule has 0 bridgehead atoms. The van der Waals surface area contributed by atoms with Crippen molar-refractivity contribution in [3.8, 4) is 11.5 Å². The summed E-state index contributed by atoms with van der Waals surface area (Å²) < 4.78 is 12.8. The van der Waals surface area contributed by atoms with Crippen molar-refractivity contribution >= 4 is 45.3 Å². The van der Waals surface area contributed by atoms with E-state index in [4.69, 9.17) is 19.4 Å². The number of carbonyl (C=O) groups excluding carboxylic acids is 1. The first-order chi connectivity index (χ1) is 22.7. The van der Waals surface area contributed by atoms with Crippen LogP contribution in [0, 0.1) is 6.92 Å². The van der Waals surface area contributed by atoms with E-state index < -0.39 is 6.10 Å². The number of aliphatic hydroxyl groups excluding tert-OH is 1. The zero-order valence-electron chi connectivity index (χ0n) is 26.1. The summed E-state index contributed by atoms with van der Waals surface area (Å²) >= 11 is 2.59. The van der Waals surface area contributed by atoms with Crippen LogP contribution in [0.5, 0.6) is 11.5 Å². The van der Waals surface area contributed by atoms with Crippen LogP contribution < -0.4 is 14.9 Å². The summed E-state index contributed by atoms with van der Waals surface area (Å²) in [4.78, 5) is 41.0. The molecule has 1 atom stereocenters. The number of thiazole rings is 1. The van der Waals surface area contributed by atoms with Crippen molar-refractivity contribution in [2.45, 2.75) is 38.0 Å². The maximum absolute atomic E-state index is 13.0. The Hall–Kier alpha value is -3.79. The highest BCUT2D eigenvalue weighted by atomic mass is 32.1. The third-order valence-corrected chi connectivity index (χ3v) is 10.3. The van der Waals surface area contributed by atoms with Crippen molar-refractivity contribution < 1.29 is 34.4 Å². The second-order valence-electron chi connectivity index (χ2n) is 11.7. The van der Waals surface area contributed by atoms with Crippen LogP contribution in [0.15, 0.2) is 52.6 Å². The number of H-pyrrole nitrogens is 1. The number of rotatable bonds is 10. The number of aromatic nitrogens is 1. The van der Waals surface area contributed by atoms with Crippen LogP contribution in [-0.4, -0.2) is 101 Å². The lowest BCUT2D eigenvalue weighted by molar-refractivity contribution is -0.127. The van der Waals surface area contributed by atoms with E-state index in [9.17, 15) is 19.8 Å². The van der Waals surface area contributed by atoms with Gasteiger partial charge in [0.1, 0.15) is 23.6 Å². The molecule has 14 heteroatoms. The van der Waals surface area contributed by atoms with Gasteiger partial charge in [-0.05, 0) is 49.6 Å². The van der Waals surface area contributed by atoms with Gasteiger partial charge in [0.25, 0.3) is 12.4 Å². The molecule has 2 saturated heterocycles. The Kier molecular flexibility index (Phi) is 11.7. The fourth-order valence-electron chi connectivity index (χ4n) is 6.00. The number of aryl methyl sites for hydroxylation is 1. The zero-order valence-corrected chi connectivity index (χ0v) is 27.8. The number of ether oxygens (including phenoxy) is 2. The van der Waals surface area contributed by atoms with E-state index in [0.29, 0.717) is 55.2 Å². The van der Waals surface area contributed by atoms with Gasteiger partial charge >= 0.3 is 4.87 Å². The molecule has 4 heterocycles. The standard InChI is InChI=1S/C32H38N4O6S2.CH2O2/c1-21-16-23(19-43-21)30(39)36-13-15-42-32(20-36)8-10-35(11-9-32)12-14-41-24-4-2-22(3-5-24)17-33-18-27(38)25-6-7-26(37)28-29(25)44-31(40)34-28;2-1-3/h2-7,16,19,27,33,37-38H,8-15,17-18,20H2,1H3,(H,34,40);1H,(H,2,3)/t27-;/m0./s1. The average Bonchev–Trinajstić information content (AvgIpc) is 3.69. The number of nitrogens with zero attached hydrogens (tertiary/aromatic N) is 2. The van der Waals surface area contributed by atoms with E-state index in [1.807, 2.05) is 47.5 Å². The van der Waals surface area contributed by atoms with Gasteiger partial charge in [0.15, 0.2) is 0 Å². The van der Waals surface area contributed by atoms with Crippen molar-refractivity contribution in [2.24, 2.45) is 0 Å². The van der Waals surface area contributed by atoms with E-state index in [2.05, 4.69) is 15.2 Å². The smallest absolute Gasteiger partial charge is 0.305 e. The maximum Gasteiger partial charge on any atom is 0.305 e. The first-order valence-electron chi connectivity index (χ1n) is 15.4. The molecule has 2 fully saturated rings. The highest BCUT2D eigenvalue weighted by molar-refractivity contribution is 7.16. The van der Waals surface area contributed by atoms with Gasteiger partial charge in [-0.15, -0.1) is 11.3 Å². The number of phenols is 1. The molecule has 0 unspecified atom stereocenters. The van der Waals surface area contributed by atoms with Crippen molar-refractivity contribution in [1.29, 1.82) is 0 Å². The van der Waals surface area contributed by atoms with Gasteiger partial charge in [-0.1, -0.05) is 29.5 Å². The van der Waals surface area contributed by atoms with Crippen LogP contribution in [0.3, 0.4) is 0 Å². The molecule has 4 aromatic rings. The Morgan fingerprint density at radius 2 is 1.94 bits per heavy atom. The lowest BCUT2D eigenvalue weighted by atomic mass is 9.89. The van der Waals surface area contributed by atoms with Crippen LogP contribution in [-0.2, 0) is 16.1 Å². The predicted octanol–water partition coefficient (Wildman–Crippen LogP) is 3.58. The minimum absolute atomic E-state index is 0.00579. The van der Waals surface area contributed by atoms with Crippen LogP contribution >= 0.6 is 22.7 Å². The number of phenolic OH excluding ortho intramolecular Hbond substituents is 1. The fraction of sp³-hybridized carbons (Fsp3) is 0.424. The SMILES string of the molecule is Cc1cc(C(=O)N2CCOC3(CCN(CCOc4ccc(CNC[C@H](O)c5ccc(O)c6[nH]c(=O)sc56)cc4)CC3)C2)cs1.O=CO. The normalized spacial score (nSPS) is 16.9. The summed E-state index contributed by atoms with van der Waals surface area (Å²) in [5.74, 6) is 0.915. The summed E-state index contributed by atoms with van der Waals surface area (Å²) in [5, 5.41) is 32.8. The number of fused-ring (bicyclic) bond motifs is 1. The number of carboxylic acid groups (broad SMARTS) is 1. The number of aromatic hydroxyl groups is 1. The van der Waals surface area contributed by atoms with Gasteiger partial charge in [-0.3, -0.25) is 19.3 Å². The molecule has 2 aliphatic heterocycles. The van der Waals surface area contributed by atoms with Crippen LogP contribution in [0.25, 0.3) is 10.2 Å². The number of piperidine rings is 1. The molecule has 5 N–H and O–H groups in total. The van der Waals surface area contributed by atoms with Gasteiger partial charge in [-0.25, -0.2) is 0 Å². The summed E-state index contributed by atoms with van der Waals surface area (Å²) in [6, 6.07) is 13.0. The first kappa shape index (κ1) is 34.5. The predicted molar refractivity (Wildman–Crippen MR) is 181 cm³/mol. The minimum Gasteiger partial charge on any atom is -0.506 e. The van der Waals surface area contributed by atoms with Gasteiger partial charge < -0.3 is 40.0 Å². The molecule has 0 radical (unpaired) electrons.